The number of aromatic hydroxyl groups is 1. The number of amides is 1. The summed E-state index contributed by atoms with van der Waals surface area (Å²) in [5, 5.41) is 14.0. The van der Waals surface area contributed by atoms with E-state index in [1.54, 1.807) is 24.3 Å². The van der Waals surface area contributed by atoms with Gasteiger partial charge in [-0.05, 0) is 57.0 Å². The Morgan fingerprint density at radius 1 is 1.22 bits per heavy atom. The molecule has 27 heavy (non-hydrogen) atoms. The monoisotopic (exact) mass is 500 g/mol. The van der Waals surface area contributed by atoms with Crippen molar-refractivity contribution in [1.29, 1.82) is 0 Å². The van der Waals surface area contributed by atoms with Crippen LogP contribution in [0.5, 0.6) is 23.0 Å². The van der Waals surface area contributed by atoms with Gasteiger partial charge in [-0.3, -0.25) is 4.79 Å². The number of benzene rings is 2. The highest BCUT2D eigenvalue weighted by Crippen LogP contribution is 2.39. The Bertz CT molecular complexity index is 843. The zero-order chi connectivity index (χ0) is 19.8. The fourth-order valence-electron chi connectivity index (χ4n) is 2.07. The van der Waals surface area contributed by atoms with Gasteiger partial charge in [-0.1, -0.05) is 12.1 Å². The molecule has 2 N–H and O–H groups in total. The molecule has 2 aromatic carbocycles. The first kappa shape index (κ1) is 21.0. The fourth-order valence-corrected chi connectivity index (χ4v) is 2.90. The Morgan fingerprint density at radius 3 is 2.52 bits per heavy atom. The molecule has 0 spiro atoms. The average molecular weight is 502 g/mol. The first-order valence-electron chi connectivity index (χ1n) is 7.89. The van der Waals surface area contributed by atoms with Crippen LogP contribution in [0.25, 0.3) is 0 Å². The fraction of sp³-hybridized carbons (Fsp3) is 0.222. The average Bonchev–Trinajstić information content (AvgIpc) is 2.67. The molecule has 9 heteroatoms. The molecule has 0 radical (unpaired) electrons. The molecule has 0 aromatic heterocycles. The van der Waals surface area contributed by atoms with Gasteiger partial charge in [0.25, 0.3) is 5.91 Å². The zero-order valence-electron chi connectivity index (χ0n) is 14.7. The molecule has 0 fully saturated rings. The van der Waals surface area contributed by atoms with Crippen molar-refractivity contribution in [2.24, 2.45) is 5.10 Å². The lowest BCUT2D eigenvalue weighted by Crippen LogP contribution is -2.24. The van der Waals surface area contributed by atoms with E-state index in [1.807, 2.05) is 13.0 Å². The molecule has 0 aliphatic heterocycles. The van der Waals surface area contributed by atoms with Crippen LogP contribution in [0.2, 0.25) is 0 Å². The molecule has 0 saturated carbocycles. The topological polar surface area (TPSA) is 89.4 Å². The van der Waals surface area contributed by atoms with Crippen LogP contribution in [0.15, 0.2) is 44.4 Å². The third kappa shape index (κ3) is 5.61. The highest BCUT2D eigenvalue weighted by molar-refractivity contribution is 9.13. The van der Waals surface area contributed by atoms with E-state index in [0.29, 0.717) is 32.6 Å². The van der Waals surface area contributed by atoms with Gasteiger partial charge in [-0.2, -0.15) is 5.10 Å². The van der Waals surface area contributed by atoms with Gasteiger partial charge in [0.1, 0.15) is 0 Å². The minimum Gasteiger partial charge on any atom is -0.504 e. The van der Waals surface area contributed by atoms with Crippen molar-refractivity contribution in [1.82, 2.24) is 5.43 Å². The van der Waals surface area contributed by atoms with E-state index in [2.05, 4.69) is 42.4 Å². The summed E-state index contributed by atoms with van der Waals surface area (Å²) in [6.07, 6.45) is 1.30. The van der Waals surface area contributed by atoms with Crippen molar-refractivity contribution in [3.63, 3.8) is 0 Å². The minimum absolute atomic E-state index is 0.104. The lowest BCUT2D eigenvalue weighted by molar-refractivity contribution is -0.123. The Labute approximate surface area is 173 Å². The number of hydrazone groups is 1. The van der Waals surface area contributed by atoms with Crippen LogP contribution < -0.4 is 19.6 Å². The second-order valence-corrected chi connectivity index (χ2v) is 6.75. The van der Waals surface area contributed by atoms with Crippen LogP contribution in [0.3, 0.4) is 0 Å². The van der Waals surface area contributed by atoms with Gasteiger partial charge in [-0.15, -0.1) is 0 Å². The Balaban J connectivity index is 1.99. The van der Waals surface area contributed by atoms with E-state index in [4.69, 9.17) is 14.2 Å². The molecule has 2 aromatic rings. The number of hydrogen-bond acceptors (Lipinski definition) is 6. The van der Waals surface area contributed by atoms with Gasteiger partial charge in [0.05, 0.1) is 25.5 Å². The first-order chi connectivity index (χ1) is 13.0. The number of carbonyl (C=O) groups excluding carboxylic acids is 1. The van der Waals surface area contributed by atoms with Gasteiger partial charge >= 0.3 is 0 Å². The Morgan fingerprint density at radius 2 is 1.89 bits per heavy atom. The number of carbonyl (C=O) groups is 1. The van der Waals surface area contributed by atoms with E-state index < -0.39 is 5.91 Å². The van der Waals surface area contributed by atoms with E-state index in [-0.39, 0.29) is 18.1 Å². The molecule has 0 saturated heterocycles. The van der Waals surface area contributed by atoms with E-state index in [9.17, 15) is 9.90 Å². The second-order valence-electron chi connectivity index (χ2n) is 5.10. The van der Waals surface area contributed by atoms with Crippen molar-refractivity contribution >= 4 is 44.0 Å². The molecule has 0 aliphatic rings. The summed E-state index contributed by atoms with van der Waals surface area (Å²) in [6, 6.07) is 8.69. The number of para-hydroxylation sites is 2. The molecule has 0 unspecified atom stereocenters. The molecular formula is C18H18Br2N2O5. The summed E-state index contributed by atoms with van der Waals surface area (Å²) in [6.45, 7) is 2.12. The van der Waals surface area contributed by atoms with Crippen molar-refractivity contribution in [3.05, 3.63) is 44.8 Å². The van der Waals surface area contributed by atoms with Crippen LogP contribution in [-0.2, 0) is 4.79 Å². The largest absolute Gasteiger partial charge is 0.504 e. The maximum absolute atomic E-state index is 11.9. The zero-order valence-corrected chi connectivity index (χ0v) is 17.8. The number of rotatable bonds is 8. The first-order valence-corrected chi connectivity index (χ1v) is 9.48. The highest BCUT2D eigenvalue weighted by atomic mass is 79.9. The quantitative estimate of drug-likeness (QED) is 0.423. The van der Waals surface area contributed by atoms with Crippen molar-refractivity contribution in [2.45, 2.75) is 6.92 Å². The van der Waals surface area contributed by atoms with Crippen molar-refractivity contribution < 1.29 is 24.1 Å². The molecule has 0 heterocycles. The van der Waals surface area contributed by atoms with E-state index in [0.717, 1.165) is 0 Å². The lowest BCUT2D eigenvalue weighted by atomic mass is 10.2. The van der Waals surface area contributed by atoms with Crippen molar-refractivity contribution in [2.75, 3.05) is 20.3 Å². The Kier molecular flexibility index (Phi) is 7.93. The molecule has 144 valence electrons. The predicted octanol–water partition coefficient (Wildman–Crippen LogP) is 3.85. The third-order valence-electron chi connectivity index (χ3n) is 3.30. The summed E-state index contributed by atoms with van der Waals surface area (Å²) >= 11 is 6.68. The smallest absolute Gasteiger partial charge is 0.277 e. The normalized spacial score (nSPS) is 10.7. The highest BCUT2D eigenvalue weighted by Gasteiger charge is 2.14. The van der Waals surface area contributed by atoms with E-state index in [1.165, 1.54) is 13.3 Å². The molecule has 0 atom stereocenters. The third-order valence-corrected chi connectivity index (χ3v) is 5.31. The number of methoxy groups -OCH3 is 1. The van der Waals surface area contributed by atoms with Gasteiger partial charge < -0.3 is 19.3 Å². The van der Waals surface area contributed by atoms with Crippen LogP contribution in [0.1, 0.15) is 12.5 Å². The number of nitrogens with zero attached hydrogens (tertiary/aromatic N) is 1. The predicted molar refractivity (Wildman–Crippen MR) is 109 cm³/mol. The summed E-state index contributed by atoms with van der Waals surface area (Å²) in [5.41, 5.74) is 2.69. The molecule has 2 rings (SSSR count). The van der Waals surface area contributed by atoms with Crippen molar-refractivity contribution in [3.8, 4) is 23.0 Å². The summed E-state index contributed by atoms with van der Waals surface area (Å²) in [7, 11) is 1.44. The maximum Gasteiger partial charge on any atom is 0.277 e. The minimum atomic E-state index is -0.463. The molecular weight excluding hydrogens is 484 g/mol. The van der Waals surface area contributed by atoms with Gasteiger partial charge in [0, 0.05) is 8.95 Å². The Hall–Kier alpha value is -2.26. The summed E-state index contributed by atoms with van der Waals surface area (Å²) in [5.74, 6) is 0.735. The maximum atomic E-state index is 11.9. The number of hydrogen-bond donors (Lipinski definition) is 2. The number of halogens is 2. The second kappa shape index (κ2) is 10.2. The van der Waals surface area contributed by atoms with Crippen LogP contribution in [0, 0.1) is 0 Å². The van der Waals surface area contributed by atoms with Crippen LogP contribution in [-0.4, -0.2) is 37.6 Å². The van der Waals surface area contributed by atoms with Gasteiger partial charge in [0.2, 0.25) is 0 Å². The lowest BCUT2D eigenvalue weighted by Gasteiger charge is -2.11. The van der Waals surface area contributed by atoms with Crippen LogP contribution >= 0.6 is 31.9 Å². The molecule has 1 amide bonds. The van der Waals surface area contributed by atoms with E-state index >= 15 is 0 Å². The molecule has 7 nitrogen and oxygen atoms in total. The number of ether oxygens (including phenoxy) is 3. The molecule has 0 aliphatic carbocycles. The van der Waals surface area contributed by atoms with Gasteiger partial charge in [-0.25, -0.2) is 5.43 Å². The SMILES string of the molecule is CCOc1ccccc1OCC(=O)NN=Cc1c(O)c(OC)cc(Br)c1Br. The number of phenols is 1. The summed E-state index contributed by atoms with van der Waals surface area (Å²) < 4.78 is 17.2. The van der Waals surface area contributed by atoms with Gasteiger partial charge in [0.15, 0.2) is 29.6 Å². The summed E-state index contributed by atoms with van der Waals surface area (Å²) in [4.78, 5) is 11.9. The number of phenolic OH excluding ortho intramolecular Hbond substituents is 1. The molecule has 0 bridgehead atoms. The standard InChI is InChI=1S/C18H18Br2N2O5/c1-3-26-13-6-4-5-7-14(13)27-10-16(23)22-21-9-11-17(20)12(19)8-15(25-2)18(11)24/h4-9,24H,3,10H2,1-2H3,(H,22,23). The number of nitrogens with one attached hydrogen (secondary N) is 1. The van der Waals surface area contributed by atoms with Crippen LogP contribution in [0.4, 0.5) is 0 Å².